The molecule has 0 aliphatic heterocycles. The van der Waals surface area contributed by atoms with Gasteiger partial charge in [0.2, 0.25) is 0 Å². The van der Waals surface area contributed by atoms with Crippen LogP contribution in [0.15, 0.2) is 47.3 Å². The van der Waals surface area contributed by atoms with E-state index in [1.54, 1.807) is 0 Å². The molecule has 0 saturated heterocycles. The first-order valence-corrected chi connectivity index (χ1v) is 7.54. The number of carbonyl (C=O) groups is 1. The van der Waals surface area contributed by atoms with Gasteiger partial charge < -0.3 is 9.88 Å². The number of hydrogen-bond acceptors (Lipinski definition) is 3. The van der Waals surface area contributed by atoms with Crippen molar-refractivity contribution in [2.45, 2.75) is 19.9 Å². The van der Waals surface area contributed by atoms with Crippen LogP contribution in [0.25, 0.3) is 10.9 Å². The molecule has 2 heterocycles. The van der Waals surface area contributed by atoms with Gasteiger partial charge in [0.15, 0.2) is 0 Å². The Kier molecular flexibility index (Phi) is 4.23. The molecule has 0 bridgehead atoms. The van der Waals surface area contributed by atoms with E-state index < -0.39 is 0 Å². The molecule has 0 unspecified atom stereocenters. The van der Waals surface area contributed by atoms with Crippen molar-refractivity contribution in [1.29, 1.82) is 0 Å². The molecule has 0 aliphatic carbocycles. The number of rotatable bonds is 5. The van der Waals surface area contributed by atoms with Gasteiger partial charge in [-0.2, -0.15) is 5.10 Å². The lowest BCUT2D eigenvalue weighted by Gasteiger charge is -2.09. The number of fused-ring (bicyclic) bond motifs is 1. The van der Waals surface area contributed by atoms with E-state index in [4.69, 9.17) is 0 Å². The average molecular weight is 310 g/mol. The molecule has 23 heavy (non-hydrogen) atoms. The first-order valence-electron chi connectivity index (χ1n) is 7.54. The fraction of sp³-hybridized carbons (Fsp3) is 0.235. The highest BCUT2D eigenvalue weighted by Gasteiger charge is 2.07. The molecule has 0 radical (unpaired) electrons. The molecule has 6 nitrogen and oxygen atoms in total. The molecule has 118 valence electrons. The van der Waals surface area contributed by atoms with E-state index in [1.807, 2.05) is 12.1 Å². The lowest BCUT2D eigenvalue weighted by atomic mass is 10.2. The SMILES string of the molecule is Cc1cc2ccccc2n1CCCNC(=O)c1ccc(=O)[nH]n1. The van der Waals surface area contributed by atoms with Gasteiger partial charge in [0.25, 0.3) is 11.5 Å². The molecule has 1 aromatic carbocycles. The van der Waals surface area contributed by atoms with Crippen LogP contribution < -0.4 is 10.9 Å². The summed E-state index contributed by atoms with van der Waals surface area (Å²) in [4.78, 5) is 22.8. The van der Waals surface area contributed by atoms with Crippen molar-refractivity contribution in [2.24, 2.45) is 0 Å². The lowest BCUT2D eigenvalue weighted by Crippen LogP contribution is -2.27. The zero-order valence-corrected chi connectivity index (χ0v) is 12.9. The summed E-state index contributed by atoms with van der Waals surface area (Å²) < 4.78 is 2.25. The van der Waals surface area contributed by atoms with Crippen molar-refractivity contribution in [3.8, 4) is 0 Å². The fourth-order valence-corrected chi connectivity index (χ4v) is 2.65. The zero-order valence-electron chi connectivity index (χ0n) is 12.9. The van der Waals surface area contributed by atoms with Gasteiger partial charge in [-0.05, 0) is 36.9 Å². The fourth-order valence-electron chi connectivity index (χ4n) is 2.65. The number of nitrogens with zero attached hydrogens (tertiary/aromatic N) is 2. The number of para-hydroxylation sites is 1. The van der Waals surface area contributed by atoms with Gasteiger partial charge in [0.1, 0.15) is 5.69 Å². The first-order chi connectivity index (χ1) is 11.1. The second kappa shape index (κ2) is 6.48. The lowest BCUT2D eigenvalue weighted by molar-refractivity contribution is 0.0946. The van der Waals surface area contributed by atoms with Crippen LogP contribution in [-0.4, -0.2) is 27.2 Å². The van der Waals surface area contributed by atoms with E-state index in [1.165, 1.54) is 28.7 Å². The molecule has 6 heteroatoms. The minimum Gasteiger partial charge on any atom is -0.351 e. The summed E-state index contributed by atoms with van der Waals surface area (Å²) in [6, 6.07) is 13.1. The molecule has 1 amide bonds. The van der Waals surface area contributed by atoms with Gasteiger partial charge in [-0.15, -0.1) is 0 Å². The molecular weight excluding hydrogens is 292 g/mol. The molecule has 0 fully saturated rings. The van der Waals surface area contributed by atoms with Crippen LogP contribution in [0.1, 0.15) is 22.6 Å². The Balaban J connectivity index is 1.57. The van der Waals surface area contributed by atoms with Gasteiger partial charge in [-0.3, -0.25) is 9.59 Å². The Bertz CT molecular complexity index is 874. The number of aromatic amines is 1. The molecule has 0 saturated carbocycles. The predicted molar refractivity (Wildman–Crippen MR) is 88.5 cm³/mol. The van der Waals surface area contributed by atoms with Crippen LogP contribution in [0.4, 0.5) is 0 Å². The smallest absolute Gasteiger partial charge is 0.271 e. The number of aryl methyl sites for hydroxylation is 2. The maximum absolute atomic E-state index is 11.9. The van der Waals surface area contributed by atoms with Crippen molar-refractivity contribution in [1.82, 2.24) is 20.1 Å². The van der Waals surface area contributed by atoms with Gasteiger partial charge in [0.05, 0.1) is 0 Å². The van der Waals surface area contributed by atoms with E-state index >= 15 is 0 Å². The van der Waals surface area contributed by atoms with Crippen LogP contribution in [0, 0.1) is 6.92 Å². The Hall–Kier alpha value is -2.89. The summed E-state index contributed by atoms with van der Waals surface area (Å²) in [6.45, 7) is 3.47. The number of benzene rings is 1. The molecule has 3 rings (SSSR count). The molecule has 2 N–H and O–H groups in total. The minimum absolute atomic E-state index is 0.215. The largest absolute Gasteiger partial charge is 0.351 e. The maximum atomic E-state index is 11.9. The minimum atomic E-state index is -0.323. The van der Waals surface area contributed by atoms with Crippen LogP contribution in [0.5, 0.6) is 0 Å². The Morgan fingerprint density at radius 3 is 2.87 bits per heavy atom. The highest BCUT2D eigenvalue weighted by atomic mass is 16.2. The van der Waals surface area contributed by atoms with Crippen LogP contribution in [-0.2, 0) is 6.54 Å². The second-order valence-corrected chi connectivity index (χ2v) is 5.41. The van der Waals surface area contributed by atoms with E-state index in [2.05, 4.69) is 45.2 Å². The molecule has 3 aromatic rings. The third-order valence-corrected chi connectivity index (χ3v) is 3.77. The zero-order chi connectivity index (χ0) is 16.2. The summed E-state index contributed by atoms with van der Waals surface area (Å²) >= 11 is 0. The highest BCUT2D eigenvalue weighted by Crippen LogP contribution is 2.19. The van der Waals surface area contributed by atoms with Crippen molar-refractivity contribution < 1.29 is 4.79 Å². The highest BCUT2D eigenvalue weighted by molar-refractivity contribution is 5.91. The maximum Gasteiger partial charge on any atom is 0.271 e. The van der Waals surface area contributed by atoms with Crippen molar-refractivity contribution >= 4 is 16.8 Å². The van der Waals surface area contributed by atoms with Crippen molar-refractivity contribution in [3.05, 3.63) is 64.2 Å². The van der Waals surface area contributed by atoms with E-state index in [-0.39, 0.29) is 17.2 Å². The molecule has 0 atom stereocenters. The average Bonchev–Trinajstić information content (AvgIpc) is 2.87. The van der Waals surface area contributed by atoms with Gasteiger partial charge in [0, 0.05) is 30.4 Å². The number of nitrogens with one attached hydrogen (secondary N) is 2. The Labute approximate surface area is 133 Å². The second-order valence-electron chi connectivity index (χ2n) is 5.41. The molecular formula is C17H18N4O2. The summed E-state index contributed by atoms with van der Waals surface area (Å²) in [6.07, 6.45) is 0.814. The monoisotopic (exact) mass is 310 g/mol. The van der Waals surface area contributed by atoms with E-state index in [9.17, 15) is 9.59 Å². The summed E-state index contributed by atoms with van der Waals surface area (Å²) in [5, 5.41) is 10.00. The number of aromatic nitrogens is 3. The summed E-state index contributed by atoms with van der Waals surface area (Å²) in [7, 11) is 0. The standard InChI is InChI=1S/C17H18N4O2/c1-12-11-13-5-2-3-6-15(13)21(12)10-4-9-18-17(23)14-7-8-16(22)20-19-14/h2-3,5-8,11H,4,9-10H2,1H3,(H,18,23)(H,20,22). The van der Waals surface area contributed by atoms with Gasteiger partial charge in [-0.1, -0.05) is 18.2 Å². The summed E-state index contributed by atoms with van der Waals surface area (Å²) in [5.74, 6) is -0.282. The van der Waals surface area contributed by atoms with Gasteiger partial charge in [-0.25, -0.2) is 5.10 Å². The van der Waals surface area contributed by atoms with Crippen LogP contribution in [0.2, 0.25) is 0 Å². The molecule has 2 aromatic heterocycles. The summed E-state index contributed by atoms with van der Waals surface area (Å²) in [5.41, 5.74) is 2.31. The van der Waals surface area contributed by atoms with Gasteiger partial charge >= 0.3 is 0 Å². The quantitative estimate of drug-likeness (QED) is 0.706. The normalized spacial score (nSPS) is 10.8. The number of H-pyrrole nitrogens is 1. The van der Waals surface area contributed by atoms with Crippen LogP contribution >= 0.6 is 0 Å². The van der Waals surface area contributed by atoms with E-state index in [0.29, 0.717) is 6.54 Å². The predicted octanol–water partition coefficient (Wildman–Crippen LogP) is 1.85. The molecule has 0 aliphatic rings. The number of amides is 1. The topological polar surface area (TPSA) is 79.8 Å². The third kappa shape index (κ3) is 3.31. The Morgan fingerprint density at radius 2 is 2.09 bits per heavy atom. The van der Waals surface area contributed by atoms with Crippen molar-refractivity contribution in [2.75, 3.05) is 6.54 Å². The number of carbonyl (C=O) groups excluding carboxylic acids is 1. The van der Waals surface area contributed by atoms with Crippen LogP contribution in [0.3, 0.4) is 0 Å². The van der Waals surface area contributed by atoms with Crippen molar-refractivity contribution in [3.63, 3.8) is 0 Å². The first kappa shape index (κ1) is 15.0. The molecule has 0 spiro atoms. The number of hydrogen-bond donors (Lipinski definition) is 2. The Morgan fingerprint density at radius 1 is 1.26 bits per heavy atom. The third-order valence-electron chi connectivity index (χ3n) is 3.77. The van der Waals surface area contributed by atoms with E-state index in [0.717, 1.165) is 13.0 Å².